The van der Waals surface area contributed by atoms with Crippen LogP contribution in [-0.4, -0.2) is 24.4 Å². The lowest BCUT2D eigenvalue weighted by Crippen LogP contribution is -2.36. The van der Waals surface area contributed by atoms with E-state index in [9.17, 15) is 31.1 Å². The minimum Gasteiger partial charge on any atom is -0.456 e. The average molecular weight is 264 g/mol. The van der Waals surface area contributed by atoms with Gasteiger partial charge in [0, 0.05) is 0 Å². The van der Waals surface area contributed by atoms with E-state index in [4.69, 9.17) is 0 Å². The van der Waals surface area contributed by atoms with E-state index in [2.05, 4.69) is 4.74 Å². The first-order chi connectivity index (χ1) is 7.60. The largest absolute Gasteiger partial charge is 0.490 e. The molecule has 0 radical (unpaired) electrons. The van der Waals surface area contributed by atoms with E-state index >= 15 is 0 Å². The van der Waals surface area contributed by atoms with Crippen LogP contribution in [-0.2, 0) is 9.53 Å². The molecule has 1 aliphatic rings. The summed E-state index contributed by atoms with van der Waals surface area (Å²) in [6, 6.07) is 0. The van der Waals surface area contributed by atoms with Crippen molar-refractivity contribution in [3.63, 3.8) is 0 Å². The summed E-state index contributed by atoms with van der Waals surface area (Å²) in [7, 11) is 0. The summed E-state index contributed by atoms with van der Waals surface area (Å²) in [6.45, 7) is 0. The second-order valence-corrected chi connectivity index (χ2v) is 3.93. The molecule has 0 saturated heterocycles. The van der Waals surface area contributed by atoms with Crippen LogP contribution in [0.25, 0.3) is 0 Å². The van der Waals surface area contributed by atoms with Gasteiger partial charge in [0.25, 0.3) is 0 Å². The molecule has 0 aromatic carbocycles. The normalized spacial score (nSPS) is 26.7. The Morgan fingerprint density at radius 1 is 1.06 bits per heavy atom. The van der Waals surface area contributed by atoms with Gasteiger partial charge < -0.3 is 4.74 Å². The van der Waals surface area contributed by atoms with Crippen molar-refractivity contribution in [2.24, 2.45) is 5.92 Å². The van der Waals surface area contributed by atoms with Crippen molar-refractivity contribution in [3.05, 3.63) is 0 Å². The smallest absolute Gasteiger partial charge is 0.456 e. The molecule has 2 nitrogen and oxygen atoms in total. The summed E-state index contributed by atoms with van der Waals surface area (Å²) in [6.07, 6.45) is -11.5. The topological polar surface area (TPSA) is 26.3 Å². The molecule has 17 heavy (non-hydrogen) atoms. The summed E-state index contributed by atoms with van der Waals surface area (Å²) in [5, 5.41) is 0. The Hall–Kier alpha value is -0.950. The van der Waals surface area contributed by atoms with E-state index in [-0.39, 0.29) is 19.3 Å². The zero-order valence-corrected chi connectivity index (χ0v) is 8.57. The van der Waals surface area contributed by atoms with Crippen LogP contribution in [0.4, 0.5) is 26.3 Å². The van der Waals surface area contributed by atoms with Gasteiger partial charge in [-0.05, 0) is 25.7 Å². The maximum absolute atomic E-state index is 12.3. The third-order valence-corrected chi connectivity index (χ3v) is 2.59. The highest BCUT2D eigenvalue weighted by Crippen LogP contribution is 2.38. The number of carbonyl (C=O) groups excluding carboxylic acids is 1. The SMILES string of the molecule is O=C(OC1CCCC(C(F)(F)F)C1)C(F)(F)F. The molecule has 0 aromatic heterocycles. The fourth-order valence-electron chi connectivity index (χ4n) is 1.77. The summed E-state index contributed by atoms with van der Waals surface area (Å²) in [5.74, 6) is -4.12. The molecule has 0 aromatic rings. The maximum Gasteiger partial charge on any atom is 0.490 e. The second-order valence-electron chi connectivity index (χ2n) is 3.93. The van der Waals surface area contributed by atoms with Crippen LogP contribution >= 0.6 is 0 Å². The molecule has 2 atom stereocenters. The van der Waals surface area contributed by atoms with Crippen molar-refractivity contribution >= 4 is 5.97 Å². The van der Waals surface area contributed by atoms with Gasteiger partial charge in [0.2, 0.25) is 0 Å². The number of halogens is 6. The molecule has 0 spiro atoms. The molecular formula is C9H10F6O2. The highest BCUT2D eigenvalue weighted by atomic mass is 19.4. The minimum absolute atomic E-state index is 0.0361. The number of rotatable bonds is 1. The van der Waals surface area contributed by atoms with Gasteiger partial charge in [0.15, 0.2) is 0 Å². The van der Waals surface area contributed by atoms with Crippen molar-refractivity contribution in [2.45, 2.75) is 44.1 Å². The van der Waals surface area contributed by atoms with Crippen molar-refractivity contribution in [3.8, 4) is 0 Å². The Morgan fingerprint density at radius 3 is 2.12 bits per heavy atom. The standard InChI is InChI=1S/C9H10F6O2/c10-8(11,12)5-2-1-3-6(4-5)17-7(16)9(13,14)15/h5-6H,1-4H2. The number of hydrogen-bond acceptors (Lipinski definition) is 2. The van der Waals surface area contributed by atoms with Crippen LogP contribution in [0.5, 0.6) is 0 Å². The molecule has 100 valence electrons. The minimum atomic E-state index is -5.16. The average Bonchev–Trinajstić information content (AvgIpc) is 2.15. The van der Waals surface area contributed by atoms with E-state index in [0.717, 1.165) is 0 Å². The fraction of sp³-hybridized carbons (Fsp3) is 0.889. The van der Waals surface area contributed by atoms with E-state index in [1.807, 2.05) is 0 Å². The Bertz CT molecular complexity index is 282. The molecule has 2 unspecified atom stereocenters. The zero-order valence-electron chi connectivity index (χ0n) is 8.57. The van der Waals surface area contributed by atoms with Crippen LogP contribution in [0.15, 0.2) is 0 Å². The van der Waals surface area contributed by atoms with Crippen molar-refractivity contribution in [1.29, 1.82) is 0 Å². The van der Waals surface area contributed by atoms with E-state index in [1.54, 1.807) is 0 Å². The molecule has 0 amide bonds. The Kier molecular flexibility index (Phi) is 3.93. The van der Waals surface area contributed by atoms with Crippen LogP contribution in [0.2, 0.25) is 0 Å². The van der Waals surface area contributed by atoms with Crippen molar-refractivity contribution < 1.29 is 35.9 Å². The number of esters is 1. The predicted octanol–water partition coefficient (Wildman–Crippen LogP) is 3.21. The molecule has 8 heteroatoms. The first-order valence-electron chi connectivity index (χ1n) is 4.95. The predicted molar refractivity (Wildman–Crippen MR) is 43.9 cm³/mol. The summed E-state index contributed by atoms with van der Waals surface area (Å²) >= 11 is 0. The van der Waals surface area contributed by atoms with E-state index < -0.39 is 36.8 Å². The van der Waals surface area contributed by atoms with Crippen molar-refractivity contribution in [1.82, 2.24) is 0 Å². The van der Waals surface area contributed by atoms with Crippen LogP contribution in [0.1, 0.15) is 25.7 Å². The van der Waals surface area contributed by atoms with E-state index in [1.165, 1.54) is 0 Å². The van der Waals surface area contributed by atoms with Crippen LogP contribution in [0, 0.1) is 5.92 Å². The van der Waals surface area contributed by atoms with Crippen molar-refractivity contribution in [2.75, 3.05) is 0 Å². The molecule has 0 bridgehead atoms. The van der Waals surface area contributed by atoms with Crippen LogP contribution < -0.4 is 0 Å². The second kappa shape index (κ2) is 4.73. The first kappa shape index (κ1) is 14.1. The number of ether oxygens (including phenoxy) is 1. The Balaban J connectivity index is 2.54. The zero-order chi connectivity index (χ0) is 13.3. The van der Waals surface area contributed by atoms with E-state index in [0.29, 0.717) is 0 Å². The summed E-state index contributed by atoms with van der Waals surface area (Å²) in [5.41, 5.74) is 0. The Labute approximate surface area is 92.9 Å². The van der Waals surface area contributed by atoms with Crippen LogP contribution in [0.3, 0.4) is 0 Å². The molecular weight excluding hydrogens is 254 g/mol. The number of hydrogen-bond donors (Lipinski definition) is 0. The summed E-state index contributed by atoms with van der Waals surface area (Å²) < 4.78 is 76.5. The van der Waals surface area contributed by atoms with Gasteiger partial charge in [0.05, 0.1) is 5.92 Å². The maximum atomic E-state index is 12.3. The van der Waals surface area contributed by atoms with Gasteiger partial charge in [-0.25, -0.2) is 4.79 Å². The van der Waals surface area contributed by atoms with Gasteiger partial charge >= 0.3 is 18.3 Å². The number of carbonyl (C=O) groups is 1. The molecule has 0 heterocycles. The highest BCUT2D eigenvalue weighted by molar-refractivity contribution is 5.75. The summed E-state index contributed by atoms with van der Waals surface area (Å²) in [4.78, 5) is 10.5. The molecule has 1 rings (SSSR count). The molecule has 0 N–H and O–H groups in total. The lowest BCUT2D eigenvalue weighted by Gasteiger charge is -2.30. The highest BCUT2D eigenvalue weighted by Gasteiger charge is 2.46. The third-order valence-electron chi connectivity index (χ3n) is 2.59. The lowest BCUT2D eigenvalue weighted by atomic mass is 9.87. The van der Waals surface area contributed by atoms with Gasteiger partial charge in [0.1, 0.15) is 6.10 Å². The van der Waals surface area contributed by atoms with Gasteiger partial charge in [-0.3, -0.25) is 0 Å². The first-order valence-corrected chi connectivity index (χ1v) is 4.95. The lowest BCUT2D eigenvalue weighted by molar-refractivity contribution is -0.216. The monoisotopic (exact) mass is 264 g/mol. The molecule has 1 saturated carbocycles. The number of alkyl halides is 6. The third kappa shape index (κ3) is 4.08. The molecule has 0 aliphatic heterocycles. The van der Waals surface area contributed by atoms with Gasteiger partial charge in [-0.15, -0.1) is 0 Å². The van der Waals surface area contributed by atoms with Gasteiger partial charge in [-0.2, -0.15) is 26.3 Å². The quantitative estimate of drug-likeness (QED) is 0.537. The fourth-order valence-corrected chi connectivity index (χ4v) is 1.77. The molecule has 1 fully saturated rings. The molecule has 1 aliphatic carbocycles. The Morgan fingerprint density at radius 2 is 1.65 bits per heavy atom. The van der Waals surface area contributed by atoms with Gasteiger partial charge in [-0.1, -0.05) is 0 Å².